The molecule has 0 spiro atoms. The number of nitrogens with zero attached hydrogens (tertiary/aromatic N) is 1. The maximum absolute atomic E-state index is 12.2. The van der Waals surface area contributed by atoms with Gasteiger partial charge in [0.05, 0.1) is 0 Å². The third kappa shape index (κ3) is 2.94. The van der Waals surface area contributed by atoms with Crippen LogP contribution in [0.25, 0.3) is 0 Å². The predicted octanol–water partition coefficient (Wildman–Crippen LogP) is 1.39. The van der Waals surface area contributed by atoms with E-state index in [1.165, 1.54) is 19.3 Å². The molecule has 2 rings (SSSR count). The minimum atomic E-state index is 0.344. The topological polar surface area (TPSA) is 32.3 Å². The molecule has 0 atom stereocenters. The number of hydrogen-bond acceptors (Lipinski definition) is 2. The largest absolute Gasteiger partial charge is 0.341 e. The van der Waals surface area contributed by atoms with Gasteiger partial charge in [-0.2, -0.15) is 0 Å². The highest BCUT2D eigenvalue weighted by Gasteiger charge is 2.25. The lowest BCUT2D eigenvalue weighted by Gasteiger charge is -2.28. The van der Waals surface area contributed by atoms with Crippen molar-refractivity contribution in [3.63, 3.8) is 0 Å². The van der Waals surface area contributed by atoms with Crippen molar-refractivity contribution >= 4 is 5.91 Å². The van der Waals surface area contributed by atoms with E-state index < -0.39 is 0 Å². The average molecular weight is 210 g/mol. The van der Waals surface area contributed by atoms with E-state index in [1.54, 1.807) is 0 Å². The third-order valence-corrected chi connectivity index (χ3v) is 3.61. The minimum absolute atomic E-state index is 0.344. The normalized spacial score (nSPS) is 24.9. The van der Waals surface area contributed by atoms with Crippen LogP contribution in [-0.4, -0.2) is 37.0 Å². The molecule has 0 bridgehead atoms. The maximum Gasteiger partial charge on any atom is 0.225 e. The van der Waals surface area contributed by atoms with E-state index in [0.29, 0.717) is 11.8 Å². The zero-order valence-electron chi connectivity index (χ0n) is 9.50. The predicted molar refractivity (Wildman–Crippen MR) is 60.6 cm³/mol. The summed E-state index contributed by atoms with van der Waals surface area (Å²) in [7, 11) is 0. The van der Waals surface area contributed by atoms with Crippen LogP contribution in [0.15, 0.2) is 0 Å². The molecule has 1 N–H and O–H groups in total. The standard InChI is InChI=1S/C12H22N2O/c15-12(11-5-2-1-3-6-11)14-9-4-7-13-8-10-14/h11,13H,1-10H2. The average Bonchev–Trinajstić information content (AvgIpc) is 2.58. The Balaban J connectivity index is 1.87. The summed E-state index contributed by atoms with van der Waals surface area (Å²) in [6.45, 7) is 3.91. The fraction of sp³-hybridized carbons (Fsp3) is 0.917. The molecule has 2 aliphatic rings. The Labute approximate surface area is 92.2 Å². The zero-order valence-corrected chi connectivity index (χ0v) is 9.50. The molecular formula is C12H22N2O. The van der Waals surface area contributed by atoms with Crippen LogP contribution in [0.2, 0.25) is 0 Å². The van der Waals surface area contributed by atoms with Gasteiger partial charge in [0.15, 0.2) is 0 Å². The van der Waals surface area contributed by atoms with Crippen molar-refractivity contribution in [2.45, 2.75) is 38.5 Å². The quantitative estimate of drug-likeness (QED) is 0.709. The van der Waals surface area contributed by atoms with E-state index in [1.807, 2.05) is 0 Å². The number of rotatable bonds is 1. The summed E-state index contributed by atoms with van der Waals surface area (Å²) in [5.41, 5.74) is 0. The van der Waals surface area contributed by atoms with Crippen molar-refractivity contribution in [2.24, 2.45) is 5.92 Å². The fourth-order valence-electron chi connectivity index (χ4n) is 2.67. The molecule has 15 heavy (non-hydrogen) atoms. The molecule has 0 aromatic heterocycles. The summed E-state index contributed by atoms with van der Waals surface area (Å²) < 4.78 is 0. The van der Waals surface area contributed by atoms with Crippen LogP contribution in [-0.2, 0) is 4.79 Å². The molecule has 1 aliphatic heterocycles. The van der Waals surface area contributed by atoms with Crippen molar-refractivity contribution in [1.82, 2.24) is 10.2 Å². The first-order valence-electron chi connectivity index (χ1n) is 6.37. The van der Waals surface area contributed by atoms with E-state index in [2.05, 4.69) is 10.2 Å². The van der Waals surface area contributed by atoms with Crippen LogP contribution in [0.3, 0.4) is 0 Å². The van der Waals surface area contributed by atoms with Crippen molar-refractivity contribution in [3.8, 4) is 0 Å². The van der Waals surface area contributed by atoms with Gasteiger partial charge in [0.1, 0.15) is 0 Å². The highest BCUT2D eigenvalue weighted by molar-refractivity contribution is 5.78. The summed E-state index contributed by atoms with van der Waals surface area (Å²) in [5.74, 6) is 0.773. The lowest BCUT2D eigenvalue weighted by Crippen LogP contribution is -2.39. The van der Waals surface area contributed by atoms with Gasteiger partial charge in [0.2, 0.25) is 5.91 Å². The second-order valence-corrected chi connectivity index (χ2v) is 4.76. The molecule has 1 saturated heterocycles. The van der Waals surface area contributed by atoms with Crippen LogP contribution in [0.5, 0.6) is 0 Å². The molecule has 0 radical (unpaired) electrons. The van der Waals surface area contributed by atoms with E-state index in [0.717, 1.165) is 45.4 Å². The highest BCUT2D eigenvalue weighted by atomic mass is 16.2. The minimum Gasteiger partial charge on any atom is -0.341 e. The molecule has 86 valence electrons. The molecule has 1 aliphatic carbocycles. The first-order valence-corrected chi connectivity index (χ1v) is 6.37. The van der Waals surface area contributed by atoms with Crippen LogP contribution in [0.1, 0.15) is 38.5 Å². The summed E-state index contributed by atoms with van der Waals surface area (Å²) in [4.78, 5) is 14.3. The van der Waals surface area contributed by atoms with Gasteiger partial charge in [0.25, 0.3) is 0 Å². The molecule has 0 aromatic rings. The Morgan fingerprint density at radius 2 is 1.80 bits per heavy atom. The second kappa shape index (κ2) is 5.50. The Morgan fingerprint density at radius 3 is 2.60 bits per heavy atom. The van der Waals surface area contributed by atoms with E-state index in [-0.39, 0.29) is 0 Å². The third-order valence-electron chi connectivity index (χ3n) is 3.61. The van der Waals surface area contributed by atoms with E-state index in [9.17, 15) is 4.79 Å². The van der Waals surface area contributed by atoms with E-state index >= 15 is 0 Å². The molecule has 1 heterocycles. The molecule has 1 amide bonds. The Hall–Kier alpha value is -0.570. The lowest BCUT2D eigenvalue weighted by atomic mass is 9.88. The number of nitrogens with one attached hydrogen (secondary N) is 1. The van der Waals surface area contributed by atoms with Crippen molar-refractivity contribution in [3.05, 3.63) is 0 Å². The van der Waals surface area contributed by atoms with Gasteiger partial charge in [-0.3, -0.25) is 4.79 Å². The van der Waals surface area contributed by atoms with Gasteiger partial charge < -0.3 is 10.2 Å². The van der Waals surface area contributed by atoms with Crippen molar-refractivity contribution < 1.29 is 4.79 Å². The van der Waals surface area contributed by atoms with Crippen molar-refractivity contribution in [2.75, 3.05) is 26.2 Å². The molecule has 3 nitrogen and oxygen atoms in total. The summed E-state index contributed by atoms with van der Waals surface area (Å²) >= 11 is 0. The molecule has 0 aromatic carbocycles. The summed E-state index contributed by atoms with van der Waals surface area (Å²) in [6, 6.07) is 0. The van der Waals surface area contributed by atoms with Gasteiger partial charge in [-0.05, 0) is 25.8 Å². The monoisotopic (exact) mass is 210 g/mol. The number of carbonyl (C=O) groups is 1. The van der Waals surface area contributed by atoms with Crippen LogP contribution >= 0.6 is 0 Å². The van der Waals surface area contributed by atoms with Gasteiger partial charge in [-0.25, -0.2) is 0 Å². The van der Waals surface area contributed by atoms with E-state index in [4.69, 9.17) is 0 Å². The fourth-order valence-corrected chi connectivity index (χ4v) is 2.67. The van der Waals surface area contributed by atoms with Gasteiger partial charge >= 0.3 is 0 Å². The smallest absolute Gasteiger partial charge is 0.225 e. The molecule has 2 fully saturated rings. The molecule has 0 unspecified atom stereocenters. The first kappa shape index (κ1) is 10.9. The SMILES string of the molecule is O=C(C1CCCCC1)N1CCCNCC1. The van der Waals surface area contributed by atoms with Gasteiger partial charge in [-0.1, -0.05) is 19.3 Å². The number of amides is 1. The van der Waals surface area contributed by atoms with Crippen LogP contribution in [0.4, 0.5) is 0 Å². The second-order valence-electron chi connectivity index (χ2n) is 4.76. The zero-order chi connectivity index (χ0) is 10.5. The Morgan fingerprint density at radius 1 is 1.00 bits per heavy atom. The Kier molecular flexibility index (Phi) is 4.01. The lowest BCUT2D eigenvalue weighted by molar-refractivity contribution is -0.136. The molecule has 1 saturated carbocycles. The number of carbonyl (C=O) groups excluding carboxylic acids is 1. The van der Waals surface area contributed by atoms with Crippen molar-refractivity contribution in [1.29, 1.82) is 0 Å². The maximum atomic E-state index is 12.2. The first-order chi connectivity index (χ1) is 7.38. The van der Waals surface area contributed by atoms with Crippen LogP contribution < -0.4 is 5.32 Å². The molecular weight excluding hydrogens is 188 g/mol. The molecule has 3 heteroatoms. The number of hydrogen-bond donors (Lipinski definition) is 1. The van der Waals surface area contributed by atoms with Gasteiger partial charge in [0, 0.05) is 25.6 Å². The van der Waals surface area contributed by atoms with Crippen LogP contribution in [0, 0.1) is 5.92 Å². The summed E-state index contributed by atoms with van der Waals surface area (Å²) in [5, 5.41) is 3.34. The Bertz CT molecular complexity index is 204. The summed E-state index contributed by atoms with van der Waals surface area (Å²) in [6.07, 6.45) is 7.19. The highest BCUT2D eigenvalue weighted by Crippen LogP contribution is 2.25. The van der Waals surface area contributed by atoms with Gasteiger partial charge in [-0.15, -0.1) is 0 Å².